The summed E-state index contributed by atoms with van der Waals surface area (Å²) in [4.78, 5) is 2.74. The number of nitrogens with zero attached hydrogens (tertiary/aromatic N) is 1. The average molecular weight is 181 g/mol. The van der Waals surface area contributed by atoms with Crippen LogP contribution in [0.15, 0.2) is 0 Å². The maximum absolute atomic E-state index is 2.74. The van der Waals surface area contributed by atoms with E-state index in [1.54, 1.807) is 0 Å². The minimum absolute atomic E-state index is 0.516. The van der Waals surface area contributed by atoms with Gasteiger partial charge in [0.1, 0.15) is 0 Å². The molecule has 2 aliphatic rings. The molecule has 1 aliphatic heterocycles. The van der Waals surface area contributed by atoms with Crippen molar-refractivity contribution in [2.24, 2.45) is 11.3 Å². The van der Waals surface area contributed by atoms with Crippen LogP contribution >= 0.6 is 0 Å². The Kier molecular flexibility index (Phi) is 2.39. The number of rotatable bonds is 2. The third-order valence-electron chi connectivity index (χ3n) is 3.67. The van der Waals surface area contributed by atoms with Crippen molar-refractivity contribution in [1.29, 1.82) is 0 Å². The van der Waals surface area contributed by atoms with Crippen LogP contribution in [0, 0.1) is 11.3 Å². The van der Waals surface area contributed by atoms with Crippen LogP contribution in [0.1, 0.15) is 46.5 Å². The van der Waals surface area contributed by atoms with Gasteiger partial charge in [-0.05, 0) is 43.6 Å². The predicted molar refractivity (Wildman–Crippen MR) is 56.8 cm³/mol. The van der Waals surface area contributed by atoms with Gasteiger partial charge in [0.15, 0.2) is 0 Å². The topological polar surface area (TPSA) is 3.24 Å². The lowest BCUT2D eigenvalue weighted by molar-refractivity contribution is 0.184. The average Bonchev–Trinajstić information content (AvgIpc) is 2.58. The van der Waals surface area contributed by atoms with Crippen LogP contribution in [0.4, 0.5) is 0 Å². The highest BCUT2D eigenvalue weighted by Gasteiger charge is 2.37. The Labute approximate surface area is 82.5 Å². The number of hydrogen-bond acceptors (Lipinski definition) is 1. The van der Waals surface area contributed by atoms with E-state index in [1.165, 1.54) is 38.8 Å². The minimum atomic E-state index is 0.516. The van der Waals surface area contributed by atoms with Gasteiger partial charge in [-0.25, -0.2) is 0 Å². The molecule has 0 spiro atoms. The number of fused-ring (bicyclic) bond motifs is 2. The summed E-state index contributed by atoms with van der Waals surface area (Å²) in [6, 6.07) is 0.965. The molecule has 1 aliphatic carbocycles. The minimum Gasteiger partial charge on any atom is -0.300 e. The van der Waals surface area contributed by atoms with Gasteiger partial charge in [-0.1, -0.05) is 20.8 Å². The zero-order valence-corrected chi connectivity index (χ0v) is 9.34. The third kappa shape index (κ3) is 2.25. The molecule has 0 aromatic rings. The first-order valence-corrected chi connectivity index (χ1v) is 5.79. The molecule has 0 N–H and O–H groups in total. The van der Waals surface area contributed by atoms with Gasteiger partial charge in [0.2, 0.25) is 0 Å². The normalized spacial score (nSPS) is 34.4. The first-order valence-electron chi connectivity index (χ1n) is 5.79. The fourth-order valence-corrected chi connectivity index (χ4v) is 2.78. The summed E-state index contributed by atoms with van der Waals surface area (Å²) in [7, 11) is 0. The Morgan fingerprint density at radius 3 is 2.46 bits per heavy atom. The Balaban J connectivity index is 1.78. The number of likely N-dealkylation sites (tertiary alicyclic amines) is 1. The van der Waals surface area contributed by atoms with Crippen molar-refractivity contribution in [3.8, 4) is 0 Å². The summed E-state index contributed by atoms with van der Waals surface area (Å²) >= 11 is 0. The Hall–Kier alpha value is -0.0400. The Morgan fingerprint density at radius 1 is 1.23 bits per heavy atom. The standard InChI is InChI=1S/C12H23N/c1-12(2,3)6-7-13-9-10-4-5-11(13)8-10/h10-11H,4-9H2,1-3H3. The summed E-state index contributed by atoms with van der Waals surface area (Å²) in [5, 5.41) is 0. The second-order valence-electron chi connectivity index (χ2n) is 6.14. The second-order valence-corrected chi connectivity index (χ2v) is 6.14. The van der Waals surface area contributed by atoms with Gasteiger partial charge in [-0.3, -0.25) is 0 Å². The molecule has 13 heavy (non-hydrogen) atoms. The van der Waals surface area contributed by atoms with Crippen molar-refractivity contribution in [3.63, 3.8) is 0 Å². The van der Waals surface area contributed by atoms with E-state index in [-0.39, 0.29) is 0 Å². The van der Waals surface area contributed by atoms with Crippen LogP contribution in [0.3, 0.4) is 0 Å². The molecule has 1 saturated carbocycles. The van der Waals surface area contributed by atoms with Crippen molar-refractivity contribution in [2.45, 2.75) is 52.5 Å². The van der Waals surface area contributed by atoms with Crippen LogP contribution in [-0.2, 0) is 0 Å². The summed E-state index contributed by atoms with van der Waals surface area (Å²) < 4.78 is 0. The smallest absolute Gasteiger partial charge is 0.00986 e. The van der Waals surface area contributed by atoms with Gasteiger partial charge in [0, 0.05) is 12.6 Å². The highest BCUT2D eigenvalue weighted by atomic mass is 15.2. The van der Waals surface area contributed by atoms with Crippen molar-refractivity contribution in [2.75, 3.05) is 13.1 Å². The van der Waals surface area contributed by atoms with Crippen molar-refractivity contribution in [1.82, 2.24) is 4.90 Å². The highest BCUT2D eigenvalue weighted by Crippen LogP contribution is 2.37. The molecule has 0 amide bonds. The van der Waals surface area contributed by atoms with Gasteiger partial charge in [0.25, 0.3) is 0 Å². The molecule has 2 rings (SSSR count). The van der Waals surface area contributed by atoms with E-state index < -0.39 is 0 Å². The number of piperidine rings is 1. The monoisotopic (exact) mass is 181 g/mol. The Bertz CT molecular complexity index is 180. The molecule has 76 valence electrons. The molecule has 1 saturated heterocycles. The molecule has 2 fully saturated rings. The molecule has 2 atom stereocenters. The maximum Gasteiger partial charge on any atom is 0.00986 e. The molecule has 0 aromatic heterocycles. The summed E-state index contributed by atoms with van der Waals surface area (Å²) in [5.41, 5.74) is 0.516. The van der Waals surface area contributed by atoms with E-state index in [1.807, 2.05) is 0 Å². The van der Waals surface area contributed by atoms with E-state index in [0.29, 0.717) is 5.41 Å². The quantitative estimate of drug-likeness (QED) is 0.633. The van der Waals surface area contributed by atoms with E-state index in [4.69, 9.17) is 0 Å². The second kappa shape index (κ2) is 3.27. The van der Waals surface area contributed by atoms with Gasteiger partial charge < -0.3 is 4.90 Å². The molecule has 1 heteroatoms. The van der Waals surface area contributed by atoms with E-state index in [2.05, 4.69) is 25.7 Å². The van der Waals surface area contributed by atoms with Gasteiger partial charge in [-0.2, -0.15) is 0 Å². The molecule has 0 aromatic carbocycles. The fourth-order valence-electron chi connectivity index (χ4n) is 2.78. The summed E-state index contributed by atoms with van der Waals surface area (Å²) in [5.74, 6) is 1.06. The predicted octanol–water partition coefficient (Wildman–Crippen LogP) is 2.91. The largest absolute Gasteiger partial charge is 0.300 e. The lowest BCUT2D eigenvalue weighted by Crippen LogP contribution is -2.34. The van der Waals surface area contributed by atoms with Crippen LogP contribution in [0.25, 0.3) is 0 Å². The third-order valence-corrected chi connectivity index (χ3v) is 3.67. The van der Waals surface area contributed by atoms with Crippen molar-refractivity contribution < 1.29 is 0 Å². The maximum atomic E-state index is 2.74. The van der Waals surface area contributed by atoms with E-state index in [9.17, 15) is 0 Å². The lowest BCUT2D eigenvalue weighted by atomic mass is 9.92. The highest BCUT2D eigenvalue weighted by molar-refractivity contribution is 4.92. The van der Waals surface area contributed by atoms with Crippen LogP contribution in [0.2, 0.25) is 0 Å². The summed E-state index contributed by atoms with van der Waals surface area (Å²) in [6.07, 6.45) is 5.85. The van der Waals surface area contributed by atoms with Crippen LogP contribution < -0.4 is 0 Å². The van der Waals surface area contributed by atoms with Gasteiger partial charge in [-0.15, -0.1) is 0 Å². The SMILES string of the molecule is CC(C)(C)CCN1CC2CCC1C2. The first kappa shape index (κ1) is 9.51. The number of hydrogen-bond donors (Lipinski definition) is 0. The molecule has 1 heterocycles. The molecule has 2 unspecified atom stereocenters. The molecule has 2 bridgehead atoms. The van der Waals surface area contributed by atoms with Gasteiger partial charge >= 0.3 is 0 Å². The zero-order valence-electron chi connectivity index (χ0n) is 9.34. The van der Waals surface area contributed by atoms with Crippen molar-refractivity contribution in [3.05, 3.63) is 0 Å². The van der Waals surface area contributed by atoms with Crippen molar-refractivity contribution >= 4 is 0 Å². The van der Waals surface area contributed by atoms with Crippen LogP contribution in [-0.4, -0.2) is 24.0 Å². The lowest BCUT2D eigenvalue weighted by Gasteiger charge is -2.29. The summed E-state index contributed by atoms with van der Waals surface area (Å²) in [6.45, 7) is 9.79. The Morgan fingerprint density at radius 2 is 2.00 bits per heavy atom. The van der Waals surface area contributed by atoms with E-state index in [0.717, 1.165) is 12.0 Å². The molecular formula is C12H23N. The first-order chi connectivity index (χ1) is 6.04. The fraction of sp³-hybridized carbons (Fsp3) is 1.00. The zero-order chi connectivity index (χ0) is 9.47. The molecular weight excluding hydrogens is 158 g/mol. The van der Waals surface area contributed by atoms with Crippen LogP contribution in [0.5, 0.6) is 0 Å². The van der Waals surface area contributed by atoms with Gasteiger partial charge in [0.05, 0.1) is 0 Å². The van der Waals surface area contributed by atoms with E-state index >= 15 is 0 Å². The molecule has 1 nitrogen and oxygen atoms in total. The molecule has 0 radical (unpaired) electrons.